The molecule has 2 amide bonds. The molecule has 4 heterocycles. The van der Waals surface area contributed by atoms with Crippen LogP contribution in [-0.2, 0) is 11.8 Å². The lowest BCUT2D eigenvalue weighted by Crippen LogP contribution is -2.35. The Labute approximate surface area is 184 Å². The van der Waals surface area contributed by atoms with Crippen LogP contribution in [0.25, 0.3) is 0 Å². The molecular weight excluding hydrogens is 413 g/mol. The molecule has 0 radical (unpaired) electrons. The molecule has 0 bridgehead atoms. The molecule has 2 aromatic rings. The van der Waals surface area contributed by atoms with Crippen LogP contribution in [0.3, 0.4) is 0 Å². The second-order valence-corrected chi connectivity index (χ2v) is 8.76. The Morgan fingerprint density at radius 3 is 2.78 bits per heavy atom. The van der Waals surface area contributed by atoms with E-state index in [0.29, 0.717) is 48.9 Å². The van der Waals surface area contributed by atoms with E-state index in [1.807, 2.05) is 0 Å². The summed E-state index contributed by atoms with van der Waals surface area (Å²) in [6.07, 6.45) is 3.37. The van der Waals surface area contributed by atoms with Crippen LogP contribution >= 0.6 is 0 Å². The Balaban J connectivity index is 1.33. The van der Waals surface area contributed by atoms with Gasteiger partial charge in [0.1, 0.15) is 23.1 Å². The number of likely N-dealkylation sites (tertiary alicyclic amines) is 1. The van der Waals surface area contributed by atoms with Crippen molar-refractivity contribution in [1.82, 2.24) is 19.7 Å². The van der Waals surface area contributed by atoms with Gasteiger partial charge >= 0.3 is 0 Å². The van der Waals surface area contributed by atoms with Gasteiger partial charge in [0.15, 0.2) is 5.82 Å². The topological polar surface area (TPSA) is 107 Å². The molecule has 1 saturated carbocycles. The average molecular weight is 437 g/mol. The number of hydrogen-bond donors (Lipinski definition) is 1. The first-order valence-electron chi connectivity index (χ1n) is 10.8. The first-order valence-corrected chi connectivity index (χ1v) is 10.8. The number of hydrogen-bond acceptors (Lipinski definition) is 6. The molecule has 9 nitrogen and oxygen atoms in total. The summed E-state index contributed by atoms with van der Waals surface area (Å²) < 4.78 is 14.9. The molecule has 0 unspecified atom stereocenters. The first kappa shape index (κ1) is 20.4. The number of anilines is 3. The third-order valence-electron chi connectivity index (χ3n) is 6.66. The molecule has 2 aromatic heterocycles. The van der Waals surface area contributed by atoms with Crippen molar-refractivity contribution in [3.05, 3.63) is 30.1 Å². The molecule has 2 atom stereocenters. The van der Waals surface area contributed by atoms with E-state index in [9.17, 15) is 19.2 Å². The van der Waals surface area contributed by atoms with Crippen LogP contribution in [0.4, 0.5) is 21.7 Å². The van der Waals surface area contributed by atoms with Gasteiger partial charge in [-0.25, -0.2) is 9.37 Å². The molecule has 0 aromatic carbocycles. The van der Waals surface area contributed by atoms with Gasteiger partial charge in [-0.2, -0.15) is 10.4 Å². The highest BCUT2D eigenvalue weighted by Gasteiger charge is 2.56. The number of nitrogens with zero attached hydrogens (tertiary/aromatic N) is 6. The van der Waals surface area contributed by atoms with Crippen LogP contribution < -0.4 is 10.2 Å². The van der Waals surface area contributed by atoms with E-state index >= 15 is 0 Å². The number of nitriles is 1. The van der Waals surface area contributed by atoms with Crippen LogP contribution in [0.5, 0.6) is 0 Å². The number of pyridine rings is 1. The summed E-state index contributed by atoms with van der Waals surface area (Å²) in [5.41, 5.74) is 0.126. The molecule has 3 fully saturated rings. The number of aromatic nitrogens is 3. The second-order valence-electron chi connectivity index (χ2n) is 8.76. The summed E-state index contributed by atoms with van der Waals surface area (Å²) in [5, 5.41) is 17.1. The predicted octanol–water partition coefficient (Wildman–Crippen LogP) is 2.40. The van der Waals surface area contributed by atoms with E-state index in [1.54, 1.807) is 36.3 Å². The second kappa shape index (κ2) is 7.58. The first-order chi connectivity index (χ1) is 15.4. The highest BCUT2D eigenvalue weighted by atomic mass is 19.1. The molecule has 32 heavy (non-hydrogen) atoms. The van der Waals surface area contributed by atoms with Crippen molar-refractivity contribution < 1.29 is 14.0 Å². The maximum absolute atomic E-state index is 13.5. The maximum atomic E-state index is 13.5. The summed E-state index contributed by atoms with van der Waals surface area (Å²) >= 11 is 0. The molecule has 166 valence electrons. The quantitative estimate of drug-likeness (QED) is 0.770. The van der Waals surface area contributed by atoms with Crippen molar-refractivity contribution in [3.63, 3.8) is 0 Å². The Hall–Kier alpha value is -3.48. The molecule has 2 aliphatic heterocycles. The van der Waals surface area contributed by atoms with Crippen LogP contribution in [0.1, 0.15) is 36.2 Å². The van der Waals surface area contributed by atoms with Crippen molar-refractivity contribution in [2.45, 2.75) is 31.9 Å². The van der Waals surface area contributed by atoms with Gasteiger partial charge in [0.05, 0.1) is 12.6 Å². The zero-order valence-electron chi connectivity index (χ0n) is 17.8. The third-order valence-corrected chi connectivity index (χ3v) is 6.66. The maximum Gasteiger partial charge on any atom is 0.272 e. The number of carbonyl (C=O) groups excluding carboxylic acids is 2. The zero-order chi connectivity index (χ0) is 22.5. The third kappa shape index (κ3) is 3.38. The molecule has 10 heteroatoms. The summed E-state index contributed by atoms with van der Waals surface area (Å²) in [7, 11) is 1.66. The van der Waals surface area contributed by atoms with Gasteiger partial charge in [-0.05, 0) is 37.7 Å². The Kier molecular flexibility index (Phi) is 4.84. The highest BCUT2D eigenvalue weighted by Crippen LogP contribution is 2.51. The normalized spacial score (nSPS) is 25.3. The molecule has 0 spiro atoms. The summed E-state index contributed by atoms with van der Waals surface area (Å²) in [6, 6.07) is 7.39. The SMILES string of the molecule is Cn1nc(Nc2cc(N3CC[C@@](C#N)(C4CC4)C3=O)ccn2)cc1C(=O)N1CC[C@H](F)C1. The van der Waals surface area contributed by atoms with E-state index in [0.717, 1.165) is 12.8 Å². The Morgan fingerprint density at radius 1 is 1.28 bits per heavy atom. The van der Waals surface area contributed by atoms with Crippen LogP contribution in [0.2, 0.25) is 0 Å². The standard InChI is InChI=1S/C22H24FN7O2/c1-28-17(20(31)29-8-5-15(23)12-29)11-19(27-28)26-18-10-16(4-7-25-18)30-9-6-22(13-24,21(30)32)14-2-3-14/h4,7,10-11,14-15H,2-3,5-6,8-9,12H2,1H3,(H,25,26,27)/t15-,22+/m0/s1. The van der Waals surface area contributed by atoms with Gasteiger partial charge in [0.2, 0.25) is 5.91 Å². The molecular formula is C22H24FN7O2. The van der Waals surface area contributed by atoms with Gasteiger partial charge in [-0.15, -0.1) is 0 Å². The van der Waals surface area contributed by atoms with E-state index in [2.05, 4.69) is 21.5 Å². The number of nitrogens with one attached hydrogen (secondary N) is 1. The fourth-order valence-corrected chi connectivity index (χ4v) is 4.71. The monoisotopic (exact) mass is 437 g/mol. The van der Waals surface area contributed by atoms with E-state index in [-0.39, 0.29) is 24.3 Å². The molecule has 2 saturated heterocycles. The van der Waals surface area contributed by atoms with E-state index < -0.39 is 11.6 Å². The van der Waals surface area contributed by atoms with Gasteiger partial charge in [-0.1, -0.05) is 0 Å². The zero-order valence-corrected chi connectivity index (χ0v) is 17.8. The minimum atomic E-state index is -0.982. The minimum Gasteiger partial charge on any atom is -0.334 e. The summed E-state index contributed by atoms with van der Waals surface area (Å²) in [4.78, 5) is 33.2. The van der Waals surface area contributed by atoms with E-state index in [4.69, 9.17) is 0 Å². The van der Waals surface area contributed by atoms with Crippen molar-refractivity contribution in [2.24, 2.45) is 18.4 Å². The Morgan fingerprint density at radius 2 is 2.09 bits per heavy atom. The molecule has 3 aliphatic rings. The number of aryl methyl sites for hydroxylation is 1. The van der Waals surface area contributed by atoms with E-state index in [1.165, 1.54) is 9.58 Å². The van der Waals surface area contributed by atoms with Gasteiger partial charge in [0.25, 0.3) is 5.91 Å². The number of halogens is 1. The lowest BCUT2D eigenvalue weighted by molar-refractivity contribution is -0.123. The lowest BCUT2D eigenvalue weighted by Gasteiger charge is -2.21. The summed E-state index contributed by atoms with van der Waals surface area (Å²) in [5.74, 6) is 0.664. The average Bonchev–Trinajstić information content (AvgIpc) is 3.31. The predicted molar refractivity (Wildman–Crippen MR) is 114 cm³/mol. The van der Waals surface area contributed by atoms with Crippen molar-refractivity contribution >= 4 is 29.1 Å². The number of carbonyl (C=O) groups is 2. The Bertz CT molecular complexity index is 1120. The number of rotatable bonds is 5. The largest absolute Gasteiger partial charge is 0.334 e. The van der Waals surface area contributed by atoms with Crippen LogP contribution in [-0.4, -0.2) is 57.3 Å². The fourth-order valence-electron chi connectivity index (χ4n) is 4.71. The van der Waals surface area contributed by atoms with Gasteiger partial charge < -0.3 is 15.1 Å². The molecule has 5 rings (SSSR count). The minimum absolute atomic E-state index is 0.102. The van der Waals surface area contributed by atoms with Gasteiger partial charge in [-0.3, -0.25) is 14.3 Å². The molecule has 1 N–H and O–H groups in total. The lowest BCUT2D eigenvalue weighted by atomic mass is 9.83. The van der Waals surface area contributed by atoms with Gasteiger partial charge in [0, 0.05) is 44.2 Å². The summed E-state index contributed by atoms with van der Waals surface area (Å²) in [6.45, 7) is 0.998. The van der Waals surface area contributed by atoms with Crippen LogP contribution in [0.15, 0.2) is 24.4 Å². The van der Waals surface area contributed by atoms with Crippen molar-refractivity contribution in [3.8, 4) is 6.07 Å². The van der Waals surface area contributed by atoms with Crippen LogP contribution in [0, 0.1) is 22.7 Å². The van der Waals surface area contributed by atoms with Crippen molar-refractivity contribution in [2.75, 3.05) is 29.9 Å². The fraction of sp³-hybridized carbons (Fsp3) is 0.500. The molecule has 1 aliphatic carbocycles. The smallest absolute Gasteiger partial charge is 0.272 e. The van der Waals surface area contributed by atoms with Crippen molar-refractivity contribution in [1.29, 1.82) is 5.26 Å². The number of alkyl halides is 1. The highest BCUT2D eigenvalue weighted by molar-refractivity contribution is 6.02. The number of amides is 2.